The van der Waals surface area contributed by atoms with Crippen molar-refractivity contribution in [3.8, 4) is 0 Å². The molecule has 0 atom stereocenters. The van der Waals surface area contributed by atoms with Gasteiger partial charge in [-0.1, -0.05) is 0 Å². The number of hydrogen-bond donors (Lipinski definition) is 2. The molecule has 0 spiro atoms. The quantitative estimate of drug-likeness (QED) is 0.325. The van der Waals surface area contributed by atoms with Crippen LogP contribution in [0.25, 0.3) is 0 Å². The summed E-state index contributed by atoms with van der Waals surface area (Å²) >= 11 is 0. The SMILES string of the molecule is CCOC(=C=N)C(=O)O. The zero-order valence-corrected chi connectivity index (χ0v) is 4.97. The van der Waals surface area contributed by atoms with E-state index in [1.54, 1.807) is 12.8 Å². The monoisotopic (exact) mass is 129 g/mol. The van der Waals surface area contributed by atoms with E-state index in [2.05, 4.69) is 4.74 Å². The van der Waals surface area contributed by atoms with Gasteiger partial charge in [0.2, 0.25) is 0 Å². The second kappa shape index (κ2) is 3.69. The number of carbonyl (C=O) groups is 1. The zero-order chi connectivity index (χ0) is 7.28. The summed E-state index contributed by atoms with van der Waals surface area (Å²) in [5, 5.41) is 14.6. The van der Waals surface area contributed by atoms with E-state index in [4.69, 9.17) is 10.5 Å². The van der Waals surface area contributed by atoms with Crippen molar-refractivity contribution in [2.24, 2.45) is 0 Å². The normalized spacial score (nSPS) is 7.67. The molecule has 0 aromatic carbocycles. The van der Waals surface area contributed by atoms with Crippen LogP contribution in [0.5, 0.6) is 0 Å². The van der Waals surface area contributed by atoms with Crippen molar-refractivity contribution >= 4 is 11.8 Å². The van der Waals surface area contributed by atoms with E-state index in [0.717, 1.165) is 0 Å². The maximum atomic E-state index is 9.98. The molecule has 9 heavy (non-hydrogen) atoms. The summed E-state index contributed by atoms with van der Waals surface area (Å²) in [6.07, 6.45) is 0. The molecule has 4 nitrogen and oxygen atoms in total. The number of carboxylic acids is 1. The van der Waals surface area contributed by atoms with Crippen molar-refractivity contribution in [1.29, 1.82) is 5.41 Å². The molecule has 2 N–H and O–H groups in total. The van der Waals surface area contributed by atoms with Gasteiger partial charge in [0.1, 0.15) is 0 Å². The zero-order valence-electron chi connectivity index (χ0n) is 4.97. The second-order valence-electron chi connectivity index (χ2n) is 1.19. The Morgan fingerprint density at radius 3 is 2.56 bits per heavy atom. The number of nitrogens with one attached hydrogen (secondary N) is 1. The van der Waals surface area contributed by atoms with Gasteiger partial charge in [0, 0.05) is 5.87 Å². The highest BCUT2D eigenvalue weighted by atomic mass is 16.5. The molecule has 50 valence electrons. The van der Waals surface area contributed by atoms with E-state index < -0.39 is 11.7 Å². The van der Waals surface area contributed by atoms with Crippen molar-refractivity contribution in [2.75, 3.05) is 6.61 Å². The third kappa shape index (κ3) is 2.51. The van der Waals surface area contributed by atoms with E-state index in [1.807, 2.05) is 0 Å². The average molecular weight is 129 g/mol. The summed E-state index contributed by atoms with van der Waals surface area (Å²) in [6.45, 7) is 1.88. The molecule has 0 saturated heterocycles. The molecule has 0 saturated carbocycles. The Morgan fingerprint density at radius 1 is 1.89 bits per heavy atom. The fraction of sp³-hybridized carbons (Fsp3) is 0.400. The number of rotatable bonds is 3. The van der Waals surface area contributed by atoms with Crippen molar-refractivity contribution in [3.05, 3.63) is 5.76 Å². The first-order valence-corrected chi connectivity index (χ1v) is 2.38. The smallest absolute Gasteiger partial charge is 0.381 e. The Balaban J connectivity index is 4.02. The molecule has 4 heteroatoms. The molecule has 0 fully saturated rings. The van der Waals surface area contributed by atoms with Crippen LogP contribution in [0.2, 0.25) is 0 Å². The minimum atomic E-state index is -1.26. The minimum absolute atomic E-state index is 0.244. The third-order valence-electron chi connectivity index (χ3n) is 0.596. The average Bonchev–Trinajstić information content (AvgIpc) is 1.82. The van der Waals surface area contributed by atoms with Gasteiger partial charge in [-0.3, -0.25) is 5.41 Å². The standard InChI is InChI=1S/C5H7NO3/c1-2-9-4(3-6)5(7)8/h6H,2H2,1H3,(H,7,8). The first-order chi connectivity index (χ1) is 4.22. The minimum Gasteiger partial charge on any atom is -0.480 e. The first-order valence-electron chi connectivity index (χ1n) is 2.38. The molecule has 0 unspecified atom stereocenters. The number of carboxylic acid groups (broad SMARTS) is 1. The lowest BCUT2D eigenvalue weighted by molar-refractivity contribution is -0.136. The van der Waals surface area contributed by atoms with E-state index in [0.29, 0.717) is 0 Å². The van der Waals surface area contributed by atoms with E-state index in [-0.39, 0.29) is 6.61 Å². The summed E-state index contributed by atoms with van der Waals surface area (Å²) in [4.78, 5) is 9.98. The predicted octanol–water partition coefficient (Wildman–Crippen LogP) is 0.240. The van der Waals surface area contributed by atoms with Gasteiger partial charge in [0.05, 0.1) is 6.61 Å². The topological polar surface area (TPSA) is 70.4 Å². The molecule has 0 bridgehead atoms. The van der Waals surface area contributed by atoms with E-state index in [9.17, 15) is 4.79 Å². The van der Waals surface area contributed by atoms with Crippen LogP contribution in [0.15, 0.2) is 5.76 Å². The van der Waals surface area contributed by atoms with Crippen LogP contribution in [0.4, 0.5) is 0 Å². The molecule has 0 aromatic rings. The van der Waals surface area contributed by atoms with Gasteiger partial charge < -0.3 is 9.84 Å². The highest BCUT2D eigenvalue weighted by molar-refractivity contribution is 5.93. The molecular formula is C5H7NO3. The Morgan fingerprint density at radius 2 is 2.44 bits per heavy atom. The summed E-state index contributed by atoms with van der Waals surface area (Å²) in [5.74, 6) is -0.0570. The summed E-state index contributed by atoms with van der Waals surface area (Å²) < 4.78 is 4.47. The molecule has 0 aliphatic carbocycles. The fourth-order valence-electron chi connectivity index (χ4n) is 0.296. The Kier molecular flexibility index (Phi) is 3.16. The summed E-state index contributed by atoms with van der Waals surface area (Å²) in [5.41, 5.74) is 0. The van der Waals surface area contributed by atoms with Gasteiger partial charge in [-0.2, -0.15) is 0 Å². The summed E-state index contributed by atoms with van der Waals surface area (Å²) in [6, 6.07) is 0. The molecule has 0 radical (unpaired) electrons. The van der Waals surface area contributed by atoms with Gasteiger partial charge in [0.25, 0.3) is 5.76 Å². The van der Waals surface area contributed by atoms with Crippen LogP contribution in [0.1, 0.15) is 6.92 Å². The van der Waals surface area contributed by atoms with Gasteiger partial charge in [-0.05, 0) is 6.92 Å². The van der Waals surface area contributed by atoms with Gasteiger partial charge in [-0.25, -0.2) is 4.79 Å². The van der Waals surface area contributed by atoms with Crippen LogP contribution < -0.4 is 0 Å². The molecule has 0 aliphatic heterocycles. The Hall–Kier alpha value is -1.28. The van der Waals surface area contributed by atoms with Crippen LogP contribution in [0.3, 0.4) is 0 Å². The van der Waals surface area contributed by atoms with Gasteiger partial charge in [-0.15, -0.1) is 0 Å². The van der Waals surface area contributed by atoms with Crippen molar-refractivity contribution < 1.29 is 14.6 Å². The summed E-state index contributed by atoms with van der Waals surface area (Å²) in [7, 11) is 0. The number of hydrogen-bond acceptors (Lipinski definition) is 3. The first kappa shape index (κ1) is 7.72. The van der Waals surface area contributed by atoms with E-state index >= 15 is 0 Å². The maximum Gasteiger partial charge on any atom is 0.381 e. The predicted molar refractivity (Wildman–Crippen MR) is 30.5 cm³/mol. The molecule has 0 heterocycles. The lowest BCUT2D eigenvalue weighted by Crippen LogP contribution is -2.04. The Labute approximate surface area is 52.3 Å². The molecule has 0 rings (SSSR count). The van der Waals surface area contributed by atoms with Gasteiger partial charge in [0.15, 0.2) is 0 Å². The Bertz CT molecular complexity index is 158. The van der Waals surface area contributed by atoms with E-state index in [1.165, 1.54) is 0 Å². The second-order valence-corrected chi connectivity index (χ2v) is 1.19. The van der Waals surface area contributed by atoms with Crippen molar-refractivity contribution in [2.45, 2.75) is 6.92 Å². The highest BCUT2D eigenvalue weighted by Crippen LogP contribution is 1.89. The largest absolute Gasteiger partial charge is 0.480 e. The maximum absolute atomic E-state index is 9.98. The highest BCUT2D eigenvalue weighted by Gasteiger charge is 2.05. The lowest BCUT2D eigenvalue weighted by Gasteiger charge is -1.96. The fourth-order valence-corrected chi connectivity index (χ4v) is 0.296. The lowest BCUT2D eigenvalue weighted by atomic mass is 10.5. The van der Waals surface area contributed by atoms with Crippen LogP contribution in [0, 0.1) is 5.41 Å². The van der Waals surface area contributed by atoms with Gasteiger partial charge >= 0.3 is 5.97 Å². The van der Waals surface area contributed by atoms with Crippen molar-refractivity contribution in [3.63, 3.8) is 0 Å². The molecule has 0 aromatic heterocycles. The third-order valence-corrected chi connectivity index (χ3v) is 0.596. The molecule has 0 amide bonds. The number of ether oxygens (including phenoxy) is 1. The molecule has 0 aliphatic rings. The van der Waals surface area contributed by atoms with Crippen LogP contribution in [-0.4, -0.2) is 23.6 Å². The molecular weight excluding hydrogens is 122 g/mol. The number of aliphatic carboxylic acids is 1. The van der Waals surface area contributed by atoms with Crippen LogP contribution in [-0.2, 0) is 9.53 Å². The van der Waals surface area contributed by atoms with Crippen LogP contribution >= 0.6 is 0 Å². The van der Waals surface area contributed by atoms with Crippen molar-refractivity contribution in [1.82, 2.24) is 0 Å².